The van der Waals surface area contributed by atoms with E-state index in [0.717, 1.165) is 6.07 Å². The number of nitrogens with zero attached hydrogens (tertiary/aromatic N) is 1. The summed E-state index contributed by atoms with van der Waals surface area (Å²) in [7, 11) is -4.19. The molecule has 1 N–H and O–H groups in total. The molecule has 0 saturated carbocycles. The Morgan fingerprint density at radius 1 is 1.19 bits per heavy atom. The van der Waals surface area contributed by atoms with Gasteiger partial charge in [-0.3, -0.25) is 24.0 Å². The molecule has 1 saturated heterocycles. The Morgan fingerprint density at radius 2 is 1.90 bits per heavy atom. The number of carbonyl (C=O) groups is 3. The fraction of sp³-hybridized carbons (Fsp3) is 0.250. The third-order valence-corrected chi connectivity index (χ3v) is 5.09. The van der Waals surface area contributed by atoms with Crippen LogP contribution in [0, 0.1) is 5.82 Å². The number of nitrogens with one attached hydrogen (secondary N) is 1. The number of imide groups is 1. The van der Waals surface area contributed by atoms with Gasteiger partial charge in [0.1, 0.15) is 5.82 Å². The van der Waals surface area contributed by atoms with Gasteiger partial charge in [0.25, 0.3) is 21.8 Å². The average molecular weight is 312 g/mol. The Balaban J connectivity index is 2.07. The van der Waals surface area contributed by atoms with Gasteiger partial charge in [0.05, 0.1) is 11.1 Å². The number of amides is 3. The smallest absolute Gasteiger partial charge is 0.265 e. The van der Waals surface area contributed by atoms with Gasteiger partial charge >= 0.3 is 0 Å². The Morgan fingerprint density at radius 3 is 2.52 bits per heavy atom. The highest BCUT2D eigenvalue weighted by molar-refractivity contribution is 7.90. The van der Waals surface area contributed by atoms with Crippen LogP contribution in [0.3, 0.4) is 0 Å². The van der Waals surface area contributed by atoms with Crippen LogP contribution in [-0.2, 0) is 14.8 Å². The van der Waals surface area contributed by atoms with Crippen molar-refractivity contribution >= 4 is 27.7 Å². The first-order valence-electron chi connectivity index (χ1n) is 6.04. The van der Waals surface area contributed by atoms with Gasteiger partial charge < -0.3 is 0 Å². The molecule has 1 fully saturated rings. The normalized spacial score (nSPS) is 24.0. The fourth-order valence-corrected chi connectivity index (χ4v) is 3.93. The molecule has 0 aliphatic carbocycles. The molecule has 9 heteroatoms. The largest absolute Gasteiger partial charge is 0.274 e. The van der Waals surface area contributed by atoms with Crippen LogP contribution in [0.25, 0.3) is 0 Å². The number of benzene rings is 1. The molecule has 1 aromatic carbocycles. The van der Waals surface area contributed by atoms with Crippen molar-refractivity contribution in [2.24, 2.45) is 0 Å². The van der Waals surface area contributed by atoms with Crippen molar-refractivity contribution in [2.75, 3.05) is 0 Å². The lowest BCUT2D eigenvalue weighted by Gasteiger charge is -2.28. The molecule has 2 heterocycles. The number of hydrogen-bond donors (Lipinski definition) is 1. The van der Waals surface area contributed by atoms with Crippen molar-refractivity contribution in [3.8, 4) is 0 Å². The minimum absolute atomic E-state index is 0.139. The second-order valence-corrected chi connectivity index (χ2v) is 6.54. The van der Waals surface area contributed by atoms with Crippen LogP contribution in [0.4, 0.5) is 4.39 Å². The summed E-state index contributed by atoms with van der Waals surface area (Å²) in [6.07, 6.45) is -0.346. The Labute approximate surface area is 118 Å². The van der Waals surface area contributed by atoms with Gasteiger partial charge in [0, 0.05) is 6.42 Å². The molecule has 21 heavy (non-hydrogen) atoms. The molecule has 2 aliphatic rings. The summed E-state index contributed by atoms with van der Waals surface area (Å²) >= 11 is 0. The first-order valence-corrected chi connectivity index (χ1v) is 7.58. The zero-order valence-corrected chi connectivity index (χ0v) is 11.3. The highest BCUT2D eigenvalue weighted by atomic mass is 32.2. The molecule has 0 aromatic heterocycles. The molecule has 1 unspecified atom stereocenters. The van der Waals surface area contributed by atoms with Crippen LogP contribution in [0.2, 0.25) is 0 Å². The molecule has 3 amide bonds. The van der Waals surface area contributed by atoms with Gasteiger partial charge in [0.15, 0.2) is 5.37 Å². The third-order valence-electron chi connectivity index (χ3n) is 3.42. The number of rotatable bonds is 1. The van der Waals surface area contributed by atoms with Gasteiger partial charge in [-0.2, -0.15) is 0 Å². The second-order valence-electron chi connectivity index (χ2n) is 4.71. The molecular weight excluding hydrogens is 303 g/mol. The summed E-state index contributed by atoms with van der Waals surface area (Å²) in [6.45, 7) is 0. The van der Waals surface area contributed by atoms with Crippen LogP contribution >= 0.6 is 0 Å². The first kappa shape index (κ1) is 13.7. The minimum atomic E-state index is -4.19. The SMILES string of the molecule is O=C1CCC(N2C(=O)c3cccc(F)c3C2=O)S(=O)(=O)N1. The van der Waals surface area contributed by atoms with E-state index in [-0.39, 0.29) is 18.4 Å². The summed E-state index contributed by atoms with van der Waals surface area (Å²) in [6, 6.07) is 3.54. The molecule has 0 radical (unpaired) electrons. The molecule has 0 bridgehead atoms. The summed E-state index contributed by atoms with van der Waals surface area (Å²) < 4.78 is 39.3. The van der Waals surface area contributed by atoms with Crippen molar-refractivity contribution in [1.82, 2.24) is 9.62 Å². The molecule has 7 nitrogen and oxygen atoms in total. The van der Waals surface area contributed by atoms with Gasteiger partial charge in [0.2, 0.25) is 5.91 Å². The number of sulfonamides is 1. The summed E-state index contributed by atoms with van der Waals surface area (Å²) in [5.41, 5.74) is -0.610. The van der Waals surface area contributed by atoms with Crippen LogP contribution < -0.4 is 4.72 Å². The van der Waals surface area contributed by atoms with E-state index in [1.165, 1.54) is 12.1 Å². The van der Waals surface area contributed by atoms with Crippen molar-refractivity contribution in [3.05, 3.63) is 35.1 Å². The van der Waals surface area contributed by atoms with Crippen molar-refractivity contribution < 1.29 is 27.2 Å². The van der Waals surface area contributed by atoms with Crippen molar-refractivity contribution in [2.45, 2.75) is 18.2 Å². The van der Waals surface area contributed by atoms with E-state index in [9.17, 15) is 27.2 Å². The Bertz CT molecular complexity index is 789. The minimum Gasteiger partial charge on any atom is -0.274 e. The molecule has 3 rings (SSSR count). The maximum absolute atomic E-state index is 13.7. The van der Waals surface area contributed by atoms with E-state index in [1.54, 1.807) is 4.72 Å². The first-order chi connectivity index (χ1) is 9.83. The van der Waals surface area contributed by atoms with Gasteiger partial charge in [-0.25, -0.2) is 12.8 Å². The predicted molar refractivity (Wildman–Crippen MR) is 67.0 cm³/mol. The summed E-state index contributed by atoms with van der Waals surface area (Å²) in [4.78, 5) is 36.0. The van der Waals surface area contributed by atoms with Crippen molar-refractivity contribution in [3.63, 3.8) is 0 Å². The second kappa shape index (κ2) is 4.35. The zero-order valence-electron chi connectivity index (χ0n) is 10.5. The number of carbonyl (C=O) groups excluding carboxylic acids is 3. The number of hydrogen-bond acceptors (Lipinski definition) is 5. The lowest BCUT2D eigenvalue weighted by Crippen LogP contribution is -2.53. The fourth-order valence-electron chi connectivity index (χ4n) is 2.48. The van der Waals surface area contributed by atoms with E-state index < -0.39 is 44.5 Å². The molecule has 110 valence electrons. The molecule has 1 aromatic rings. The van der Waals surface area contributed by atoms with Gasteiger partial charge in [-0.1, -0.05) is 6.07 Å². The van der Waals surface area contributed by atoms with Crippen LogP contribution in [0.5, 0.6) is 0 Å². The zero-order chi connectivity index (χ0) is 15.4. The highest BCUT2D eigenvalue weighted by Crippen LogP contribution is 2.30. The Kier molecular flexibility index (Phi) is 2.84. The monoisotopic (exact) mass is 312 g/mol. The van der Waals surface area contributed by atoms with E-state index in [4.69, 9.17) is 0 Å². The predicted octanol–water partition coefficient (Wildman–Crippen LogP) is -0.0124. The van der Waals surface area contributed by atoms with Crippen LogP contribution in [-0.4, -0.2) is 36.4 Å². The molecule has 1 atom stereocenters. The van der Waals surface area contributed by atoms with Crippen molar-refractivity contribution in [1.29, 1.82) is 0 Å². The Hall–Kier alpha value is -2.29. The lowest BCUT2D eigenvalue weighted by atomic mass is 10.1. The standard InChI is InChI=1S/C12H9FN2O5S/c13-7-3-1-2-6-10(7)12(18)15(11(6)17)9-5-4-8(16)14-21(9,19)20/h1-3,9H,4-5H2,(H,14,16). The van der Waals surface area contributed by atoms with E-state index in [2.05, 4.69) is 0 Å². The van der Waals surface area contributed by atoms with Crippen LogP contribution in [0.15, 0.2) is 18.2 Å². The number of halogens is 1. The summed E-state index contributed by atoms with van der Waals surface area (Å²) in [5.74, 6) is -3.46. The van der Waals surface area contributed by atoms with E-state index in [0.29, 0.717) is 4.90 Å². The highest BCUT2D eigenvalue weighted by Gasteiger charge is 2.48. The lowest BCUT2D eigenvalue weighted by molar-refractivity contribution is -0.120. The number of fused-ring (bicyclic) bond motifs is 1. The average Bonchev–Trinajstić information content (AvgIpc) is 2.63. The van der Waals surface area contributed by atoms with Gasteiger partial charge in [-0.05, 0) is 18.6 Å². The quantitative estimate of drug-likeness (QED) is 0.735. The maximum Gasteiger partial charge on any atom is 0.265 e. The van der Waals surface area contributed by atoms with E-state index in [1.807, 2.05) is 0 Å². The molecule has 2 aliphatic heterocycles. The third kappa shape index (κ3) is 1.92. The van der Waals surface area contributed by atoms with Crippen LogP contribution in [0.1, 0.15) is 33.6 Å². The maximum atomic E-state index is 13.7. The summed E-state index contributed by atoms with van der Waals surface area (Å²) in [5, 5.41) is -1.51. The van der Waals surface area contributed by atoms with E-state index >= 15 is 0 Å². The topological polar surface area (TPSA) is 101 Å². The van der Waals surface area contributed by atoms with Gasteiger partial charge in [-0.15, -0.1) is 0 Å². The molecule has 0 spiro atoms. The molecular formula is C12H9FN2O5S.